The largest absolute Gasteiger partial charge is 0.380 e. The van der Waals surface area contributed by atoms with Gasteiger partial charge < -0.3 is 9.64 Å². The lowest BCUT2D eigenvalue weighted by molar-refractivity contribution is 0.106. The van der Waals surface area contributed by atoms with Crippen molar-refractivity contribution < 1.29 is 4.74 Å². The summed E-state index contributed by atoms with van der Waals surface area (Å²) >= 11 is 4.37. The molecule has 0 aliphatic heterocycles. The Morgan fingerprint density at radius 1 is 1.06 bits per heavy atom. The van der Waals surface area contributed by atoms with Gasteiger partial charge in [0.2, 0.25) is 0 Å². The van der Waals surface area contributed by atoms with Gasteiger partial charge in [-0.05, 0) is 38.8 Å². The Labute approximate surface area is 107 Å². The molecule has 0 radical (unpaired) electrons. The molecule has 0 saturated heterocycles. The first kappa shape index (κ1) is 16.3. The number of thiol groups is 1. The monoisotopic (exact) mass is 247 g/mol. The normalized spacial score (nSPS) is 13.7. The SMILES string of the molecule is CC(C)CCCOCCN(C)CC[C@H](C)S. The summed E-state index contributed by atoms with van der Waals surface area (Å²) in [7, 11) is 2.15. The number of rotatable bonds is 10. The van der Waals surface area contributed by atoms with Crippen LogP contribution in [0.2, 0.25) is 0 Å². The van der Waals surface area contributed by atoms with E-state index in [-0.39, 0.29) is 0 Å². The third-order valence-corrected chi connectivity index (χ3v) is 2.87. The van der Waals surface area contributed by atoms with Crippen LogP contribution >= 0.6 is 12.6 Å². The van der Waals surface area contributed by atoms with Crippen molar-refractivity contribution in [3.8, 4) is 0 Å². The van der Waals surface area contributed by atoms with E-state index in [4.69, 9.17) is 4.74 Å². The molecule has 0 aromatic carbocycles. The van der Waals surface area contributed by atoms with E-state index >= 15 is 0 Å². The van der Waals surface area contributed by atoms with E-state index < -0.39 is 0 Å². The average Bonchev–Trinajstić information content (AvgIpc) is 2.19. The number of nitrogens with zero attached hydrogens (tertiary/aromatic N) is 1. The Morgan fingerprint density at radius 2 is 1.75 bits per heavy atom. The van der Waals surface area contributed by atoms with Gasteiger partial charge in [0.15, 0.2) is 0 Å². The van der Waals surface area contributed by atoms with E-state index in [0.717, 1.165) is 38.6 Å². The van der Waals surface area contributed by atoms with Crippen molar-refractivity contribution in [2.45, 2.75) is 45.3 Å². The summed E-state index contributed by atoms with van der Waals surface area (Å²) in [4.78, 5) is 2.31. The molecule has 0 bridgehead atoms. The zero-order valence-corrected chi connectivity index (χ0v) is 12.3. The van der Waals surface area contributed by atoms with Crippen molar-refractivity contribution in [1.82, 2.24) is 4.90 Å². The Balaban J connectivity index is 3.18. The predicted octanol–water partition coefficient (Wildman–Crippen LogP) is 3.08. The maximum Gasteiger partial charge on any atom is 0.0593 e. The first-order valence-electron chi connectivity index (χ1n) is 6.46. The van der Waals surface area contributed by atoms with E-state index in [1.807, 2.05) is 0 Å². The first-order valence-corrected chi connectivity index (χ1v) is 6.98. The molecule has 0 fully saturated rings. The lowest BCUT2D eigenvalue weighted by atomic mass is 10.1. The van der Waals surface area contributed by atoms with Crippen LogP contribution in [0.5, 0.6) is 0 Å². The second kappa shape index (κ2) is 10.4. The van der Waals surface area contributed by atoms with Crippen molar-refractivity contribution in [3.05, 3.63) is 0 Å². The van der Waals surface area contributed by atoms with Gasteiger partial charge in [-0.1, -0.05) is 20.8 Å². The molecule has 0 amide bonds. The quantitative estimate of drug-likeness (QED) is 0.470. The molecule has 1 atom stereocenters. The van der Waals surface area contributed by atoms with Crippen molar-refractivity contribution in [1.29, 1.82) is 0 Å². The third kappa shape index (κ3) is 12.3. The Morgan fingerprint density at radius 3 is 2.31 bits per heavy atom. The molecule has 0 saturated carbocycles. The minimum atomic E-state index is 0.495. The molecule has 16 heavy (non-hydrogen) atoms. The Bertz CT molecular complexity index is 151. The van der Waals surface area contributed by atoms with Crippen molar-refractivity contribution in [3.63, 3.8) is 0 Å². The van der Waals surface area contributed by atoms with Gasteiger partial charge >= 0.3 is 0 Å². The van der Waals surface area contributed by atoms with Gasteiger partial charge in [0.1, 0.15) is 0 Å². The maximum absolute atomic E-state index is 5.60. The minimum absolute atomic E-state index is 0.495. The van der Waals surface area contributed by atoms with Crippen molar-refractivity contribution in [2.75, 3.05) is 33.4 Å². The van der Waals surface area contributed by atoms with Gasteiger partial charge in [-0.2, -0.15) is 12.6 Å². The van der Waals surface area contributed by atoms with Gasteiger partial charge in [-0.3, -0.25) is 0 Å². The summed E-state index contributed by atoms with van der Waals surface area (Å²) < 4.78 is 5.60. The summed E-state index contributed by atoms with van der Waals surface area (Å²) in [6.07, 6.45) is 3.61. The van der Waals surface area contributed by atoms with Gasteiger partial charge in [-0.25, -0.2) is 0 Å². The van der Waals surface area contributed by atoms with Crippen LogP contribution in [0, 0.1) is 5.92 Å². The molecule has 0 aromatic heterocycles. The molecule has 0 rings (SSSR count). The second-order valence-electron chi connectivity index (χ2n) is 5.09. The van der Waals surface area contributed by atoms with Crippen LogP contribution in [0.25, 0.3) is 0 Å². The highest BCUT2D eigenvalue weighted by atomic mass is 32.1. The molecule has 98 valence electrons. The van der Waals surface area contributed by atoms with Crippen LogP contribution in [0.4, 0.5) is 0 Å². The highest BCUT2D eigenvalue weighted by Gasteiger charge is 2.01. The minimum Gasteiger partial charge on any atom is -0.380 e. The van der Waals surface area contributed by atoms with Crippen molar-refractivity contribution >= 4 is 12.6 Å². The third-order valence-electron chi connectivity index (χ3n) is 2.62. The zero-order valence-electron chi connectivity index (χ0n) is 11.4. The Hall–Kier alpha value is 0.270. The summed E-state index contributed by atoms with van der Waals surface area (Å²) in [6.45, 7) is 10.6. The Kier molecular flexibility index (Phi) is 10.6. The standard InChI is InChI=1S/C13H29NOS/c1-12(2)6-5-10-15-11-9-14(4)8-7-13(3)16/h12-13,16H,5-11H2,1-4H3/t13-/m0/s1. The lowest BCUT2D eigenvalue weighted by Gasteiger charge is -2.17. The van der Waals surface area contributed by atoms with Crippen LogP contribution in [-0.2, 0) is 4.74 Å². The number of hydrogen-bond donors (Lipinski definition) is 1. The van der Waals surface area contributed by atoms with Crippen LogP contribution in [-0.4, -0.2) is 43.5 Å². The van der Waals surface area contributed by atoms with E-state index in [1.165, 1.54) is 12.8 Å². The highest BCUT2D eigenvalue weighted by molar-refractivity contribution is 7.80. The predicted molar refractivity (Wildman–Crippen MR) is 75.5 cm³/mol. The molecule has 3 heteroatoms. The van der Waals surface area contributed by atoms with Gasteiger partial charge in [-0.15, -0.1) is 0 Å². The van der Waals surface area contributed by atoms with E-state index in [1.54, 1.807) is 0 Å². The average molecular weight is 247 g/mol. The second-order valence-corrected chi connectivity index (χ2v) is 5.97. The highest BCUT2D eigenvalue weighted by Crippen LogP contribution is 2.03. The number of ether oxygens (including phenoxy) is 1. The van der Waals surface area contributed by atoms with Gasteiger partial charge in [0.05, 0.1) is 6.61 Å². The zero-order chi connectivity index (χ0) is 12.4. The smallest absolute Gasteiger partial charge is 0.0593 e. The van der Waals surface area contributed by atoms with E-state index in [0.29, 0.717) is 5.25 Å². The summed E-state index contributed by atoms with van der Waals surface area (Å²) in [5.41, 5.74) is 0. The molecule has 0 aliphatic rings. The fourth-order valence-corrected chi connectivity index (χ4v) is 1.55. The first-order chi connectivity index (χ1) is 7.52. The van der Waals surface area contributed by atoms with Gasteiger partial charge in [0.25, 0.3) is 0 Å². The molecule has 0 heterocycles. The summed E-state index contributed by atoms with van der Waals surface area (Å²) in [5.74, 6) is 0.795. The summed E-state index contributed by atoms with van der Waals surface area (Å²) in [5, 5.41) is 0.495. The molecular weight excluding hydrogens is 218 g/mol. The fourth-order valence-electron chi connectivity index (χ4n) is 1.44. The van der Waals surface area contributed by atoms with Gasteiger partial charge in [0, 0.05) is 18.4 Å². The van der Waals surface area contributed by atoms with E-state index in [9.17, 15) is 0 Å². The molecule has 0 spiro atoms. The van der Waals surface area contributed by atoms with E-state index in [2.05, 4.69) is 45.3 Å². The van der Waals surface area contributed by atoms with Crippen LogP contribution in [0.1, 0.15) is 40.0 Å². The molecule has 0 aromatic rings. The molecule has 0 N–H and O–H groups in total. The number of likely N-dealkylation sites (N-methyl/N-ethyl adjacent to an activating group) is 1. The molecular formula is C13H29NOS. The lowest BCUT2D eigenvalue weighted by Crippen LogP contribution is -2.25. The summed E-state index contributed by atoms with van der Waals surface area (Å²) in [6, 6.07) is 0. The van der Waals surface area contributed by atoms with Crippen molar-refractivity contribution in [2.24, 2.45) is 5.92 Å². The maximum atomic E-state index is 5.60. The molecule has 0 unspecified atom stereocenters. The fraction of sp³-hybridized carbons (Fsp3) is 1.00. The van der Waals surface area contributed by atoms with Crippen LogP contribution in [0.3, 0.4) is 0 Å². The van der Waals surface area contributed by atoms with Crippen LogP contribution < -0.4 is 0 Å². The van der Waals surface area contributed by atoms with Crippen LogP contribution in [0.15, 0.2) is 0 Å². The molecule has 2 nitrogen and oxygen atoms in total. The molecule has 0 aliphatic carbocycles. The number of hydrogen-bond acceptors (Lipinski definition) is 3. The topological polar surface area (TPSA) is 12.5 Å².